The lowest BCUT2D eigenvalue weighted by Crippen LogP contribution is -2.41. The molecule has 0 bridgehead atoms. The first kappa shape index (κ1) is 30.4. The monoisotopic (exact) mass is 636 g/mol. The van der Waals surface area contributed by atoms with Gasteiger partial charge in [0.2, 0.25) is 5.91 Å². The van der Waals surface area contributed by atoms with Crippen molar-refractivity contribution in [1.29, 1.82) is 0 Å². The molecule has 1 amide bonds. The van der Waals surface area contributed by atoms with Gasteiger partial charge < -0.3 is 19.1 Å². The average molecular weight is 638 g/mol. The Bertz CT molecular complexity index is 1390. The molecule has 1 aromatic heterocycles. The molecule has 1 saturated carbocycles. The van der Waals surface area contributed by atoms with E-state index in [1.54, 1.807) is 0 Å². The highest BCUT2D eigenvalue weighted by Crippen LogP contribution is 2.38. The van der Waals surface area contributed by atoms with Crippen LogP contribution in [0.5, 0.6) is 11.5 Å². The molecular formula is C30H28Cl2F2N2O5S. The Morgan fingerprint density at radius 1 is 1.05 bits per heavy atom. The standard InChI is InChI=1S/C30H28Cl2F2N2O5S/c31-22-15-35-16-23(32)21(22)14-25(20-8-9-24(41-30(33)34)26(13-20)39-17-19-6-7-19)40-29(38)28-36(10-11-42-28)27(37)12-18-4-2-1-3-5-18/h1-5,8-9,13,15-16,19,25,28,30H,6-7,10-12,14,17H2. The Morgan fingerprint density at radius 3 is 2.48 bits per heavy atom. The Kier molecular flexibility index (Phi) is 10.1. The van der Waals surface area contributed by atoms with E-state index in [9.17, 15) is 18.4 Å². The highest BCUT2D eigenvalue weighted by atomic mass is 35.5. The molecule has 5 rings (SSSR count). The summed E-state index contributed by atoms with van der Waals surface area (Å²) in [5.41, 5.74) is 1.80. The van der Waals surface area contributed by atoms with Crippen LogP contribution in [0.25, 0.3) is 0 Å². The Hall–Kier alpha value is -3.08. The van der Waals surface area contributed by atoms with Crippen LogP contribution in [0.3, 0.4) is 0 Å². The number of hydrogen-bond donors (Lipinski definition) is 0. The van der Waals surface area contributed by atoms with Crippen molar-refractivity contribution in [3.8, 4) is 11.5 Å². The van der Waals surface area contributed by atoms with Crippen molar-refractivity contribution in [1.82, 2.24) is 9.88 Å². The van der Waals surface area contributed by atoms with Gasteiger partial charge in [0.05, 0.1) is 23.1 Å². The number of carbonyl (C=O) groups excluding carboxylic acids is 2. The summed E-state index contributed by atoms with van der Waals surface area (Å²) in [7, 11) is 0. The maximum Gasteiger partial charge on any atom is 0.387 e. The van der Waals surface area contributed by atoms with Gasteiger partial charge in [-0.2, -0.15) is 8.78 Å². The number of alkyl halides is 2. The number of halogens is 4. The van der Waals surface area contributed by atoms with E-state index in [2.05, 4.69) is 9.72 Å². The van der Waals surface area contributed by atoms with Crippen molar-refractivity contribution >= 4 is 46.8 Å². The van der Waals surface area contributed by atoms with E-state index in [0.717, 1.165) is 18.4 Å². The minimum atomic E-state index is -3.04. The van der Waals surface area contributed by atoms with Crippen LogP contribution in [0.4, 0.5) is 8.78 Å². The lowest BCUT2D eigenvalue weighted by atomic mass is 10.0. The predicted octanol–water partition coefficient (Wildman–Crippen LogP) is 6.75. The summed E-state index contributed by atoms with van der Waals surface area (Å²) in [6.45, 7) is -2.28. The molecule has 12 heteroatoms. The normalized spacial score (nSPS) is 17.3. The topological polar surface area (TPSA) is 78.0 Å². The lowest BCUT2D eigenvalue weighted by molar-refractivity contribution is -0.155. The van der Waals surface area contributed by atoms with Crippen LogP contribution in [-0.4, -0.2) is 52.7 Å². The summed E-state index contributed by atoms with van der Waals surface area (Å²) in [4.78, 5) is 32.3. The fourth-order valence-corrected chi connectivity index (χ4v) is 6.20. The summed E-state index contributed by atoms with van der Waals surface area (Å²) < 4.78 is 42.8. The average Bonchev–Trinajstić information content (AvgIpc) is 3.66. The maximum absolute atomic E-state index is 13.6. The van der Waals surface area contributed by atoms with Gasteiger partial charge in [-0.3, -0.25) is 9.78 Å². The number of thioether (sulfide) groups is 1. The number of esters is 1. The quantitative estimate of drug-likeness (QED) is 0.204. The molecule has 0 radical (unpaired) electrons. The fraction of sp³-hybridized carbons (Fsp3) is 0.367. The molecule has 1 aliphatic heterocycles. The second-order valence-electron chi connectivity index (χ2n) is 10.0. The van der Waals surface area contributed by atoms with Crippen LogP contribution in [0.2, 0.25) is 10.0 Å². The zero-order valence-electron chi connectivity index (χ0n) is 22.4. The number of amides is 1. The van der Waals surface area contributed by atoms with Crippen molar-refractivity contribution in [2.24, 2.45) is 5.92 Å². The van der Waals surface area contributed by atoms with Gasteiger partial charge in [0, 0.05) is 31.1 Å². The van der Waals surface area contributed by atoms with E-state index in [4.69, 9.17) is 32.7 Å². The van der Waals surface area contributed by atoms with E-state index in [1.807, 2.05) is 30.3 Å². The van der Waals surface area contributed by atoms with Gasteiger partial charge in [-0.15, -0.1) is 11.8 Å². The van der Waals surface area contributed by atoms with Gasteiger partial charge >= 0.3 is 12.6 Å². The molecule has 2 atom stereocenters. The Balaban J connectivity index is 1.41. The zero-order chi connectivity index (χ0) is 29.6. The first-order valence-corrected chi connectivity index (χ1v) is 15.2. The molecule has 222 valence electrons. The molecule has 3 aromatic rings. The van der Waals surface area contributed by atoms with Crippen LogP contribution >= 0.6 is 35.0 Å². The molecule has 0 spiro atoms. The van der Waals surface area contributed by atoms with Crippen LogP contribution < -0.4 is 9.47 Å². The first-order valence-electron chi connectivity index (χ1n) is 13.4. The number of carbonyl (C=O) groups is 2. The largest absolute Gasteiger partial charge is 0.489 e. The number of nitrogens with zero attached hydrogens (tertiary/aromatic N) is 2. The molecule has 7 nitrogen and oxygen atoms in total. The summed E-state index contributed by atoms with van der Waals surface area (Å²) in [5, 5.41) is -0.290. The fourth-order valence-electron chi connectivity index (χ4n) is 4.56. The third kappa shape index (κ3) is 7.85. The summed E-state index contributed by atoms with van der Waals surface area (Å²) in [5.74, 6) is 0.125. The van der Waals surface area contributed by atoms with Crippen LogP contribution in [0, 0.1) is 5.92 Å². The van der Waals surface area contributed by atoms with E-state index >= 15 is 0 Å². The van der Waals surface area contributed by atoms with E-state index < -0.39 is 24.1 Å². The molecule has 1 aliphatic carbocycles. The maximum atomic E-state index is 13.6. The van der Waals surface area contributed by atoms with E-state index in [1.165, 1.54) is 47.3 Å². The van der Waals surface area contributed by atoms with E-state index in [-0.39, 0.29) is 40.3 Å². The molecule has 2 unspecified atom stereocenters. The van der Waals surface area contributed by atoms with Gasteiger partial charge in [-0.1, -0.05) is 59.6 Å². The summed E-state index contributed by atoms with van der Waals surface area (Å²) in [6, 6.07) is 13.7. The molecular weight excluding hydrogens is 609 g/mol. The molecule has 2 aromatic carbocycles. The predicted molar refractivity (Wildman–Crippen MR) is 156 cm³/mol. The number of rotatable bonds is 12. The third-order valence-corrected chi connectivity index (χ3v) is 8.77. The van der Waals surface area contributed by atoms with Crippen molar-refractivity contribution in [3.05, 3.63) is 87.7 Å². The first-order chi connectivity index (χ1) is 20.3. The van der Waals surface area contributed by atoms with Crippen LogP contribution in [-0.2, 0) is 27.2 Å². The van der Waals surface area contributed by atoms with Gasteiger partial charge in [0.25, 0.3) is 0 Å². The number of pyridine rings is 1. The second kappa shape index (κ2) is 13.9. The Morgan fingerprint density at radius 2 is 1.79 bits per heavy atom. The van der Waals surface area contributed by atoms with Crippen molar-refractivity contribution in [3.63, 3.8) is 0 Å². The number of aromatic nitrogens is 1. The summed E-state index contributed by atoms with van der Waals surface area (Å²) >= 11 is 14.1. The Labute approximate surface area is 256 Å². The number of ether oxygens (including phenoxy) is 3. The van der Waals surface area contributed by atoms with Gasteiger partial charge in [0.15, 0.2) is 16.9 Å². The molecule has 42 heavy (non-hydrogen) atoms. The van der Waals surface area contributed by atoms with Crippen molar-refractivity contribution in [2.75, 3.05) is 18.9 Å². The van der Waals surface area contributed by atoms with Crippen molar-refractivity contribution in [2.45, 2.75) is 43.8 Å². The van der Waals surface area contributed by atoms with Gasteiger partial charge in [-0.25, -0.2) is 4.79 Å². The van der Waals surface area contributed by atoms with Crippen LogP contribution in [0.15, 0.2) is 60.9 Å². The molecule has 2 fully saturated rings. The molecule has 1 saturated heterocycles. The lowest BCUT2D eigenvalue weighted by Gasteiger charge is -2.26. The number of benzene rings is 2. The highest BCUT2D eigenvalue weighted by molar-refractivity contribution is 8.00. The second-order valence-corrected chi connectivity index (χ2v) is 12.0. The smallest absolute Gasteiger partial charge is 0.387 e. The minimum Gasteiger partial charge on any atom is -0.489 e. The van der Waals surface area contributed by atoms with Gasteiger partial charge in [-0.05, 0) is 47.6 Å². The van der Waals surface area contributed by atoms with Gasteiger partial charge in [0.1, 0.15) is 6.10 Å². The molecule has 2 heterocycles. The molecule has 0 N–H and O–H groups in total. The zero-order valence-corrected chi connectivity index (χ0v) is 24.7. The highest BCUT2D eigenvalue weighted by Gasteiger charge is 2.37. The SMILES string of the molecule is O=C(OC(Cc1c(Cl)cncc1Cl)c1ccc(OC(F)F)c(OCC2CC2)c1)C1SCCN1C(=O)Cc1ccccc1. The summed E-state index contributed by atoms with van der Waals surface area (Å²) in [6.07, 6.45) is 4.16. The van der Waals surface area contributed by atoms with Crippen LogP contribution in [0.1, 0.15) is 35.6 Å². The third-order valence-electron chi connectivity index (χ3n) is 6.94. The number of hydrogen-bond acceptors (Lipinski definition) is 7. The van der Waals surface area contributed by atoms with Crippen molar-refractivity contribution < 1.29 is 32.6 Å². The molecule has 2 aliphatic rings. The van der Waals surface area contributed by atoms with E-state index in [0.29, 0.717) is 35.9 Å². The minimum absolute atomic E-state index is 0.0678.